The monoisotopic (exact) mass is 346 g/mol. The number of nitrogens with one attached hydrogen (secondary N) is 1. The van der Waals surface area contributed by atoms with Crippen LogP contribution in [0.3, 0.4) is 0 Å². The van der Waals surface area contributed by atoms with E-state index < -0.39 is 11.6 Å². The van der Waals surface area contributed by atoms with Gasteiger partial charge in [-0.1, -0.05) is 11.6 Å². The van der Waals surface area contributed by atoms with Crippen LogP contribution in [0.25, 0.3) is 11.3 Å². The Labute approximate surface area is 139 Å². The lowest BCUT2D eigenvalue weighted by Crippen LogP contribution is -2.31. The molecule has 0 atom stereocenters. The smallest absolute Gasteiger partial charge is 0.148 e. The third-order valence-corrected chi connectivity index (χ3v) is 4.42. The second-order valence-corrected chi connectivity index (χ2v) is 6.00. The second-order valence-electron chi connectivity index (χ2n) is 5.57. The number of aromatic amines is 1. The third kappa shape index (κ3) is 1.71. The Morgan fingerprint density at radius 1 is 1.12 bits per heavy atom. The molecule has 2 aromatic heterocycles. The standard InChI is InChI=1S/C15H9ClF2N6/c16-7-3-9(17)12(10(18)4-7)14-21-11-6-19-22-13(11)8-5-20-24-2-1-23(14)15(8)24/h3-6H,1-2H2,(H,19,22). The summed E-state index contributed by atoms with van der Waals surface area (Å²) in [5.74, 6) is -0.594. The van der Waals surface area contributed by atoms with Crippen LogP contribution in [0.4, 0.5) is 20.3 Å². The number of fused-ring (bicyclic) bond motifs is 2. The molecule has 120 valence electrons. The van der Waals surface area contributed by atoms with Gasteiger partial charge in [0.15, 0.2) is 0 Å². The molecular weight excluding hydrogens is 338 g/mol. The molecule has 3 aromatic rings. The van der Waals surface area contributed by atoms with E-state index in [2.05, 4.69) is 20.3 Å². The van der Waals surface area contributed by atoms with Gasteiger partial charge in [-0.15, -0.1) is 0 Å². The molecule has 2 aliphatic heterocycles. The van der Waals surface area contributed by atoms with Gasteiger partial charge in [-0.05, 0) is 12.1 Å². The van der Waals surface area contributed by atoms with Crippen LogP contribution in [0.5, 0.6) is 0 Å². The quantitative estimate of drug-likeness (QED) is 0.736. The first-order valence-electron chi connectivity index (χ1n) is 7.24. The summed E-state index contributed by atoms with van der Waals surface area (Å²) in [4.78, 5) is 6.25. The highest BCUT2D eigenvalue weighted by Crippen LogP contribution is 2.42. The minimum absolute atomic E-state index is 0.000810. The molecule has 0 fully saturated rings. The molecule has 0 amide bonds. The van der Waals surface area contributed by atoms with Crippen molar-refractivity contribution in [3.63, 3.8) is 0 Å². The van der Waals surface area contributed by atoms with Gasteiger partial charge < -0.3 is 4.90 Å². The van der Waals surface area contributed by atoms with Gasteiger partial charge >= 0.3 is 0 Å². The number of H-pyrrole nitrogens is 1. The molecule has 6 nitrogen and oxygen atoms in total. The summed E-state index contributed by atoms with van der Waals surface area (Å²) in [5.41, 5.74) is 1.76. The van der Waals surface area contributed by atoms with Crippen LogP contribution < -0.4 is 4.90 Å². The van der Waals surface area contributed by atoms with Gasteiger partial charge in [-0.3, -0.25) is 5.10 Å². The number of anilines is 1. The Kier molecular flexibility index (Phi) is 2.64. The lowest BCUT2D eigenvalue weighted by atomic mass is 10.1. The summed E-state index contributed by atoms with van der Waals surface area (Å²) >= 11 is 5.74. The van der Waals surface area contributed by atoms with E-state index in [-0.39, 0.29) is 16.4 Å². The molecule has 0 saturated heterocycles. The number of benzene rings is 1. The minimum Gasteiger partial charge on any atom is -0.308 e. The van der Waals surface area contributed by atoms with Crippen molar-refractivity contribution in [2.24, 2.45) is 4.99 Å². The van der Waals surface area contributed by atoms with Crippen molar-refractivity contribution in [2.75, 3.05) is 11.4 Å². The fourth-order valence-electron chi connectivity index (χ4n) is 3.19. The molecule has 5 rings (SSSR count). The van der Waals surface area contributed by atoms with Crippen LogP contribution in [0, 0.1) is 11.6 Å². The van der Waals surface area contributed by atoms with E-state index in [4.69, 9.17) is 11.6 Å². The highest BCUT2D eigenvalue weighted by Gasteiger charge is 2.35. The van der Waals surface area contributed by atoms with Crippen molar-refractivity contribution in [1.29, 1.82) is 0 Å². The van der Waals surface area contributed by atoms with Crippen molar-refractivity contribution in [3.05, 3.63) is 46.7 Å². The predicted molar refractivity (Wildman–Crippen MR) is 84.7 cm³/mol. The average molecular weight is 347 g/mol. The molecule has 4 heterocycles. The molecule has 0 bridgehead atoms. The molecule has 9 heteroatoms. The van der Waals surface area contributed by atoms with Crippen molar-refractivity contribution in [1.82, 2.24) is 20.0 Å². The van der Waals surface area contributed by atoms with E-state index in [1.807, 2.05) is 0 Å². The predicted octanol–water partition coefficient (Wildman–Crippen LogP) is 3.12. The van der Waals surface area contributed by atoms with Crippen LogP contribution in [-0.4, -0.2) is 32.4 Å². The highest BCUT2D eigenvalue weighted by molar-refractivity contribution is 6.30. The molecule has 0 unspecified atom stereocenters. The Bertz CT molecular complexity index is 998. The summed E-state index contributed by atoms with van der Waals surface area (Å²) in [6.07, 6.45) is 3.22. The fraction of sp³-hybridized carbons (Fsp3) is 0.133. The Balaban J connectivity index is 1.83. The second kappa shape index (κ2) is 4.64. The van der Waals surface area contributed by atoms with Crippen LogP contribution >= 0.6 is 11.6 Å². The van der Waals surface area contributed by atoms with E-state index in [0.29, 0.717) is 24.5 Å². The number of aliphatic imine (C=N–C) groups is 1. The number of nitrogens with zero attached hydrogens (tertiary/aromatic N) is 5. The average Bonchev–Trinajstić information content (AvgIpc) is 3.19. The van der Waals surface area contributed by atoms with E-state index in [1.54, 1.807) is 15.8 Å². The molecule has 2 aliphatic rings. The number of halogens is 3. The van der Waals surface area contributed by atoms with Crippen LogP contribution in [0.1, 0.15) is 5.56 Å². The number of hydrogen-bond acceptors (Lipinski definition) is 4. The first-order chi connectivity index (χ1) is 11.6. The first kappa shape index (κ1) is 13.7. The molecule has 0 spiro atoms. The number of amidine groups is 1. The minimum atomic E-state index is -0.759. The molecule has 1 N–H and O–H groups in total. The zero-order valence-corrected chi connectivity index (χ0v) is 12.8. The van der Waals surface area contributed by atoms with Crippen molar-refractivity contribution in [3.8, 4) is 11.3 Å². The van der Waals surface area contributed by atoms with Crippen molar-refractivity contribution >= 4 is 28.9 Å². The maximum Gasteiger partial charge on any atom is 0.148 e. The molecule has 24 heavy (non-hydrogen) atoms. The third-order valence-electron chi connectivity index (χ3n) is 4.20. The highest BCUT2D eigenvalue weighted by atomic mass is 35.5. The van der Waals surface area contributed by atoms with Gasteiger partial charge in [0.25, 0.3) is 0 Å². The van der Waals surface area contributed by atoms with Gasteiger partial charge in [-0.25, -0.2) is 18.5 Å². The SMILES string of the molecule is Fc1cc(Cl)cc(F)c1C1=Nc2cn[nH]c2-c2cnn3c2N1CC3. The normalized spacial score (nSPS) is 15.1. The summed E-state index contributed by atoms with van der Waals surface area (Å²) in [5, 5.41) is 11.2. The van der Waals surface area contributed by atoms with Gasteiger partial charge in [0, 0.05) is 11.6 Å². The van der Waals surface area contributed by atoms with Crippen molar-refractivity contribution < 1.29 is 8.78 Å². The summed E-state index contributed by atoms with van der Waals surface area (Å²) in [6, 6.07) is 2.16. The van der Waals surface area contributed by atoms with Gasteiger partial charge in [-0.2, -0.15) is 10.2 Å². The summed E-state index contributed by atoms with van der Waals surface area (Å²) < 4.78 is 30.7. The van der Waals surface area contributed by atoms with E-state index in [1.165, 1.54) is 6.20 Å². The van der Waals surface area contributed by atoms with E-state index >= 15 is 0 Å². The first-order valence-corrected chi connectivity index (χ1v) is 7.62. The molecule has 0 saturated carbocycles. The number of hydrogen-bond donors (Lipinski definition) is 1. The largest absolute Gasteiger partial charge is 0.308 e. The number of aromatic nitrogens is 4. The van der Waals surface area contributed by atoms with E-state index in [9.17, 15) is 8.78 Å². The topological polar surface area (TPSA) is 62.1 Å². The number of rotatable bonds is 1. The van der Waals surface area contributed by atoms with Gasteiger partial charge in [0.2, 0.25) is 0 Å². The van der Waals surface area contributed by atoms with Crippen molar-refractivity contribution in [2.45, 2.75) is 6.54 Å². The summed E-state index contributed by atoms with van der Waals surface area (Å²) in [7, 11) is 0. The lowest BCUT2D eigenvalue weighted by Gasteiger charge is -2.20. The van der Waals surface area contributed by atoms with Gasteiger partial charge in [0.1, 0.15) is 29.0 Å². The lowest BCUT2D eigenvalue weighted by molar-refractivity contribution is 0.578. The maximum atomic E-state index is 14.5. The molecule has 0 radical (unpaired) electrons. The van der Waals surface area contributed by atoms with Crippen LogP contribution in [0.15, 0.2) is 29.5 Å². The van der Waals surface area contributed by atoms with E-state index in [0.717, 1.165) is 23.5 Å². The Morgan fingerprint density at radius 3 is 2.71 bits per heavy atom. The molecular formula is C15H9ClF2N6. The molecule has 1 aromatic carbocycles. The zero-order chi connectivity index (χ0) is 16.4. The Hall–Kier alpha value is -2.74. The summed E-state index contributed by atoms with van der Waals surface area (Å²) in [6.45, 7) is 1.13. The van der Waals surface area contributed by atoms with Crippen LogP contribution in [-0.2, 0) is 6.54 Å². The zero-order valence-electron chi connectivity index (χ0n) is 12.1. The fourth-order valence-corrected chi connectivity index (χ4v) is 3.39. The van der Waals surface area contributed by atoms with Crippen LogP contribution in [0.2, 0.25) is 5.02 Å². The Morgan fingerprint density at radius 2 is 1.92 bits per heavy atom. The van der Waals surface area contributed by atoms with Gasteiger partial charge in [0.05, 0.1) is 35.8 Å². The molecule has 0 aliphatic carbocycles. The maximum absolute atomic E-state index is 14.5.